The molecule has 2 N–H and O–H groups in total. The lowest BCUT2D eigenvalue weighted by molar-refractivity contribution is 0.590. The van der Waals surface area contributed by atoms with Gasteiger partial charge >= 0.3 is 0 Å². The molecule has 0 aliphatic rings. The molecule has 0 amide bonds. The Morgan fingerprint density at radius 1 is 1.05 bits per heavy atom. The number of hydrogen-bond donors (Lipinski definition) is 1. The number of rotatable bonds is 4. The zero-order valence-electron chi connectivity index (χ0n) is 13.6. The van der Waals surface area contributed by atoms with E-state index >= 15 is 0 Å². The van der Waals surface area contributed by atoms with Crippen LogP contribution in [0.4, 0.5) is 0 Å². The van der Waals surface area contributed by atoms with Gasteiger partial charge in [0.15, 0.2) is 0 Å². The summed E-state index contributed by atoms with van der Waals surface area (Å²) < 4.78 is 0. The second-order valence-corrected chi connectivity index (χ2v) is 6.72. The molecule has 0 radical (unpaired) electrons. The predicted octanol–water partition coefficient (Wildman–Crippen LogP) is 4.38. The van der Waals surface area contributed by atoms with Crippen molar-refractivity contribution in [2.75, 3.05) is 0 Å². The van der Waals surface area contributed by atoms with Gasteiger partial charge in [0.1, 0.15) is 0 Å². The Kier molecular flexibility index (Phi) is 4.79. The van der Waals surface area contributed by atoms with Gasteiger partial charge < -0.3 is 5.73 Å². The van der Waals surface area contributed by atoms with Crippen molar-refractivity contribution in [2.24, 2.45) is 5.73 Å². The number of pyridine rings is 1. The highest BCUT2D eigenvalue weighted by molar-refractivity contribution is 5.30. The SMILES string of the molecule is CCC(N)c1ccc(Cc2ccc(C(C)(C)C)cc2)nc1. The molecule has 2 heteroatoms. The summed E-state index contributed by atoms with van der Waals surface area (Å²) in [5.41, 5.74) is 11.1. The van der Waals surface area contributed by atoms with Gasteiger partial charge in [0.2, 0.25) is 0 Å². The summed E-state index contributed by atoms with van der Waals surface area (Å²) in [6, 6.07) is 13.1. The molecule has 1 aromatic heterocycles. The normalized spacial score (nSPS) is 13.2. The van der Waals surface area contributed by atoms with Gasteiger partial charge in [-0.1, -0.05) is 58.0 Å². The van der Waals surface area contributed by atoms with Crippen LogP contribution < -0.4 is 5.73 Å². The highest BCUT2D eigenvalue weighted by Crippen LogP contribution is 2.23. The first-order valence-electron chi connectivity index (χ1n) is 7.70. The second-order valence-electron chi connectivity index (χ2n) is 6.72. The highest BCUT2D eigenvalue weighted by atomic mass is 14.7. The van der Waals surface area contributed by atoms with Crippen LogP contribution in [0.15, 0.2) is 42.6 Å². The molecule has 1 atom stereocenters. The van der Waals surface area contributed by atoms with E-state index in [1.807, 2.05) is 6.20 Å². The summed E-state index contributed by atoms with van der Waals surface area (Å²) >= 11 is 0. The van der Waals surface area contributed by atoms with Crippen molar-refractivity contribution in [3.05, 3.63) is 65.0 Å². The van der Waals surface area contributed by atoms with Crippen LogP contribution >= 0.6 is 0 Å². The van der Waals surface area contributed by atoms with E-state index in [-0.39, 0.29) is 11.5 Å². The Hall–Kier alpha value is -1.67. The molecule has 1 aromatic carbocycles. The fraction of sp³-hybridized carbons (Fsp3) is 0.421. The molecular formula is C19H26N2. The van der Waals surface area contributed by atoms with Gasteiger partial charge in [-0.2, -0.15) is 0 Å². The van der Waals surface area contributed by atoms with E-state index in [2.05, 4.69) is 69.1 Å². The number of nitrogens with two attached hydrogens (primary N) is 1. The molecular weight excluding hydrogens is 256 g/mol. The summed E-state index contributed by atoms with van der Waals surface area (Å²) in [5, 5.41) is 0. The average Bonchev–Trinajstić information content (AvgIpc) is 2.47. The van der Waals surface area contributed by atoms with E-state index in [0.717, 1.165) is 24.1 Å². The highest BCUT2D eigenvalue weighted by Gasteiger charge is 2.13. The van der Waals surface area contributed by atoms with Crippen LogP contribution in [-0.2, 0) is 11.8 Å². The lowest BCUT2D eigenvalue weighted by Crippen LogP contribution is -2.10. The lowest BCUT2D eigenvalue weighted by Gasteiger charge is -2.19. The average molecular weight is 282 g/mol. The molecule has 1 unspecified atom stereocenters. The van der Waals surface area contributed by atoms with Gasteiger partial charge in [-0.25, -0.2) is 0 Å². The quantitative estimate of drug-likeness (QED) is 0.903. The van der Waals surface area contributed by atoms with Crippen LogP contribution in [-0.4, -0.2) is 4.98 Å². The molecule has 21 heavy (non-hydrogen) atoms. The minimum Gasteiger partial charge on any atom is -0.324 e. The third-order valence-electron chi connectivity index (χ3n) is 3.92. The number of hydrogen-bond acceptors (Lipinski definition) is 2. The summed E-state index contributed by atoms with van der Waals surface area (Å²) in [4.78, 5) is 4.53. The maximum Gasteiger partial charge on any atom is 0.0447 e. The summed E-state index contributed by atoms with van der Waals surface area (Å²) in [6.07, 6.45) is 3.72. The van der Waals surface area contributed by atoms with Crippen LogP contribution in [0.2, 0.25) is 0 Å². The van der Waals surface area contributed by atoms with Gasteiger partial charge in [0.05, 0.1) is 0 Å². The Morgan fingerprint density at radius 2 is 1.71 bits per heavy atom. The molecule has 0 saturated heterocycles. The number of aromatic nitrogens is 1. The number of benzene rings is 1. The zero-order chi connectivity index (χ0) is 15.5. The van der Waals surface area contributed by atoms with Crippen LogP contribution in [0.25, 0.3) is 0 Å². The third kappa shape index (κ3) is 4.15. The summed E-state index contributed by atoms with van der Waals surface area (Å²) in [6.45, 7) is 8.80. The molecule has 0 aliphatic heterocycles. The Balaban J connectivity index is 2.08. The van der Waals surface area contributed by atoms with Gasteiger partial charge in [0, 0.05) is 24.4 Å². The van der Waals surface area contributed by atoms with Crippen molar-refractivity contribution in [1.29, 1.82) is 0 Å². The van der Waals surface area contributed by atoms with Gasteiger partial charge in [-0.3, -0.25) is 4.98 Å². The summed E-state index contributed by atoms with van der Waals surface area (Å²) in [5.74, 6) is 0. The summed E-state index contributed by atoms with van der Waals surface area (Å²) in [7, 11) is 0. The van der Waals surface area contributed by atoms with Crippen molar-refractivity contribution in [3.63, 3.8) is 0 Å². The van der Waals surface area contributed by atoms with E-state index in [1.165, 1.54) is 11.1 Å². The topological polar surface area (TPSA) is 38.9 Å². The molecule has 2 rings (SSSR count). The molecule has 0 spiro atoms. The zero-order valence-corrected chi connectivity index (χ0v) is 13.6. The van der Waals surface area contributed by atoms with Crippen molar-refractivity contribution >= 4 is 0 Å². The molecule has 0 bridgehead atoms. The van der Waals surface area contributed by atoms with Gasteiger partial charge in [0.25, 0.3) is 0 Å². The molecule has 112 valence electrons. The smallest absolute Gasteiger partial charge is 0.0447 e. The predicted molar refractivity (Wildman–Crippen MR) is 89.4 cm³/mol. The van der Waals surface area contributed by atoms with Crippen LogP contribution in [0, 0.1) is 0 Å². The molecule has 0 aliphatic carbocycles. The van der Waals surface area contributed by atoms with Crippen molar-refractivity contribution < 1.29 is 0 Å². The van der Waals surface area contributed by atoms with E-state index < -0.39 is 0 Å². The first-order chi connectivity index (χ1) is 9.90. The van der Waals surface area contributed by atoms with Crippen molar-refractivity contribution in [2.45, 2.75) is 52.0 Å². The Labute approximate surface area is 128 Å². The fourth-order valence-electron chi connectivity index (χ4n) is 2.33. The molecule has 1 heterocycles. The van der Waals surface area contributed by atoms with Gasteiger partial charge in [-0.15, -0.1) is 0 Å². The van der Waals surface area contributed by atoms with E-state index in [9.17, 15) is 0 Å². The van der Waals surface area contributed by atoms with E-state index in [0.29, 0.717) is 0 Å². The Bertz CT molecular complexity index is 562. The van der Waals surface area contributed by atoms with Crippen molar-refractivity contribution in [1.82, 2.24) is 4.98 Å². The molecule has 0 fully saturated rings. The maximum atomic E-state index is 6.01. The lowest BCUT2D eigenvalue weighted by atomic mass is 9.86. The largest absolute Gasteiger partial charge is 0.324 e. The Morgan fingerprint density at radius 3 is 2.19 bits per heavy atom. The number of nitrogens with zero attached hydrogens (tertiary/aromatic N) is 1. The fourth-order valence-corrected chi connectivity index (χ4v) is 2.33. The van der Waals surface area contributed by atoms with Crippen LogP contribution in [0.1, 0.15) is 62.5 Å². The second kappa shape index (κ2) is 6.40. The monoisotopic (exact) mass is 282 g/mol. The first kappa shape index (κ1) is 15.7. The third-order valence-corrected chi connectivity index (χ3v) is 3.92. The molecule has 2 aromatic rings. The van der Waals surface area contributed by atoms with E-state index in [1.54, 1.807) is 0 Å². The maximum absolute atomic E-state index is 6.01. The molecule has 2 nitrogen and oxygen atoms in total. The first-order valence-corrected chi connectivity index (χ1v) is 7.70. The van der Waals surface area contributed by atoms with Crippen molar-refractivity contribution in [3.8, 4) is 0 Å². The van der Waals surface area contributed by atoms with Crippen LogP contribution in [0.5, 0.6) is 0 Å². The van der Waals surface area contributed by atoms with E-state index in [4.69, 9.17) is 5.73 Å². The van der Waals surface area contributed by atoms with Gasteiger partial charge in [-0.05, 0) is 34.6 Å². The standard InChI is InChI=1S/C19H26N2/c1-5-18(20)15-8-11-17(21-13-15)12-14-6-9-16(10-7-14)19(2,3)4/h6-11,13,18H,5,12,20H2,1-4H3. The minimum atomic E-state index is 0.0950. The molecule has 0 saturated carbocycles. The van der Waals surface area contributed by atoms with Crippen LogP contribution in [0.3, 0.4) is 0 Å². The minimum absolute atomic E-state index is 0.0950.